The molecule has 0 aromatic carbocycles. The Morgan fingerprint density at radius 3 is 2.92 bits per heavy atom. The van der Waals surface area contributed by atoms with Crippen LogP contribution in [0.25, 0.3) is 11.5 Å². The number of alkyl halides is 2. The molecule has 124 valence electrons. The largest absolute Gasteiger partial charge is 0.461 e. The molecule has 0 saturated carbocycles. The van der Waals surface area contributed by atoms with E-state index in [1.54, 1.807) is 18.2 Å². The number of rotatable bonds is 6. The van der Waals surface area contributed by atoms with Gasteiger partial charge in [-0.25, -0.2) is 9.78 Å². The molecule has 0 spiro atoms. The summed E-state index contributed by atoms with van der Waals surface area (Å²) < 4.78 is 40.3. The summed E-state index contributed by atoms with van der Waals surface area (Å²) in [5.74, 6) is -2.57. The third kappa shape index (κ3) is 3.80. The molecule has 0 amide bonds. The van der Waals surface area contributed by atoms with Crippen molar-refractivity contribution in [3.05, 3.63) is 54.0 Å². The minimum Gasteiger partial charge on any atom is -0.461 e. The van der Waals surface area contributed by atoms with Gasteiger partial charge in [0.05, 0.1) is 11.8 Å². The Morgan fingerprint density at radius 1 is 1.29 bits per heavy atom. The Kier molecular flexibility index (Phi) is 4.90. The highest BCUT2D eigenvalue weighted by molar-refractivity contribution is 7.99. The predicted molar refractivity (Wildman–Crippen MR) is 79.4 cm³/mol. The van der Waals surface area contributed by atoms with Gasteiger partial charge in [0.2, 0.25) is 5.76 Å². The number of carbonyl (C=O) groups excluding carboxylic acids is 1. The number of furan rings is 1. The van der Waals surface area contributed by atoms with Gasteiger partial charge in [-0.1, -0.05) is 5.16 Å². The van der Waals surface area contributed by atoms with Crippen molar-refractivity contribution in [3.8, 4) is 11.5 Å². The topological polar surface area (TPSA) is 78.4 Å². The van der Waals surface area contributed by atoms with E-state index in [1.165, 1.54) is 24.6 Å². The Labute approximate surface area is 138 Å². The fraction of sp³-hybridized carbons (Fsp3) is 0.133. The third-order valence-corrected chi connectivity index (χ3v) is 3.59. The van der Waals surface area contributed by atoms with Gasteiger partial charge in [-0.2, -0.15) is 8.78 Å². The average Bonchev–Trinajstić information content (AvgIpc) is 3.24. The van der Waals surface area contributed by atoms with Crippen molar-refractivity contribution in [2.45, 2.75) is 17.4 Å². The molecule has 0 atom stereocenters. The number of hydrogen-bond donors (Lipinski definition) is 0. The van der Waals surface area contributed by atoms with E-state index in [4.69, 9.17) is 13.7 Å². The summed E-state index contributed by atoms with van der Waals surface area (Å²) in [6.07, 6.45) is 2.82. The number of hydrogen-bond acceptors (Lipinski definition) is 7. The Balaban J connectivity index is 1.66. The standard InChI is InChI=1S/C15H10F2N2O4S/c16-15(17)24-13-10(3-1-5-18-13)14(20)22-8-9-7-12(23-19-9)11-4-2-6-21-11/h1-7,15H,8H2. The van der Waals surface area contributed by atoms with Gasteiger partial charge in [0.1, 0.15) is 17.3 Å². The van der Waals surface area contributed by atoms with E-state index >= 15 is 0 Å². The Bertz CT molecular complexity index is 821. The summed E-state index contributed by atoms with van der Waals surface area (Å²) in [6, 6.07) is 7.79. The number of nitrogens with zero attached hydrogens (tertiary/aromatic N) is 2. The predicted octanol–water partition coefficient (Wildman–Crippen LogP) is 4.00. The molecule has 0 bridgehead atoms. The Morgan fingerprint density at radius 2 is 2.17 bits per heavy atom. The first kappa shape index (κ1) is 16.2. The van der Waals surface area contributed by atoms with E-state index in [-0.39, 0.29) is 29.0 Å². The van der Waals surface area contributed by atoms with Gasteiger partial charge in [-0.05, 0) is 36.0 Å². The zero-order valence-electron chi connectivity index (χ0n) is 12.0. The van der Waals surface area contributed by atoms with Crippen LogP contribution in [-0.4, -0.2) is 21.9 Å². The number of halogens is 2. The van der Waals surface area contributed by atoms with Crippen LogP contribution in [-0.2, 0) is 11.3 Å². The molecule has 24 heavy (non-hydrogen) atoms. The van der Waals surface area contributed by atoms with Crippen molar-refractivity contribution in [1.29, 1.82) is 0 Å². The maximum atomic E-state index is 12.5. The number of ether oxygens (including phenoxy) is 1. The molecule has 3 heterocycles. The zero-order chi connectivity index (χ0) is 16.9. The molecule has 0 radical (unpaired) electrons. The summed E-state index contributed by atoms with van der Waals surface area (Å²) in [4.78, 5) is 15.8. The van der Waals surface area contributed by atoms with E-state index in [1.807, 2.05) is 0 Å². The van der Waals surface area contributed by atoms with Crippen molar-refractivity contribution in [2.75, 3.05) is 0 Å². The SMILES string of the molecule is O=C(OCc1cc(-c2ccco2)on1)c1cccnc1SC(F)F. The lowest BCUT2D eigenvalue weighted by atomic mass is 10.3. The highest BCUT2D eigenvalue weighted by Gasteiger charge is 2.18. The molecule has 6 nitrogen and oxygen atoms in total. The van der Waals surface area contributed by atoms with Gasteiger partial charge in [0, 0.05) is 12.3 Å². The first-order valence-electron chi connectivity index (χ1n) is 6.70. The summed E-state index contributed by atoms with van der Waals surface area (Å²) >= 11 is 0.186. The second kappa shape index (κ2) is 7.26. The molecule has 0 N–H and O–H groups in total. The molecule has 0 aliphatic rings. The lowest BCUT2D eigenvalue weighted by molar-refractivity contribution is 0.0459. The van der Waals surface area contributed by atoms with Crippen LogP contribution >= 0.6 is 11.8 Å². The quantitative estimate of drug-likeness (QED) is 0.490. The first-order valence-corrected chi connectivity index (χ1v) is 7.58. The second-order valence-electron chi connectivity index (χ2n) is 4.47. The number of thioether (sulfide) groups is 1. The van der Waals surface area contributed by atoms with E-state index < -0.39 is 11.7 Å². The van der Waals surface area contributed by atoms with Crippen LogP contribution in [0.2, 0.25) is 0 Å². The summed E-state index contributed by atoms with van der Waals surface area (Å²) in [6.45, 7) is -0.170. The van der Waals surface area contributed by atoms with Crippen molar-refractivity contribution in [2.24, 2.45) is 0 Å². The summed E-state index contributed by atoms with van der Waals surface area (Å²) in [7, 11) is 0. The van der Waals surface area contributed by atoms with E-state index in [2.05, 4.69) is 10.1 Å². The fourth-order valence-electron chi connectivity index (χ4n) is 1.86. The van der Waals surface area contributed by atoms with Gasteiger partial charge in [0.25, 0.3) is 5.76 Å². The molecule has 0 unspecified atom stereocenters. The third-order valence-electron chi connectivity index (χ3n) is 2.87. The average molecular weight is 352 g/mol. The lowest BCUT2D eigenvalue weighted by Gasteiger charge is -2.06. The molecular weight excluding hydrogens is 342 g/mol. The van der Waals surface area contributed by atoms with E-state index in [0.29, 0.717) is 17.2 Å². The number of esters is 1. The van der Waals surface area contributed by atoms with Gasteiger partial charge < -0.3 is 13.7 Å². The van der Waals surface area contributed by atoms with Gasteiger partial charge in [0.15, 0.2) is 5.76 Å². The molecule has 3 aromatic heterocycles. The molecule has 9 heteroatoms. The molecule has 0 aliphatic heterocycles. The molecule has 0 saturated heterocycles. The van der Waals surface area contributed by atoms with Crippen LogP contribution < -0.4 is 0 Å². The number of aromatic nitrogens is 2. The lowest BCUT2D eigenvalue weighted by Crippen LogP contribution is -2.08. The minimum absolute atomic E-state index is 0.0300. The van der Waals surface area contributed by atoms with Crippen molar-refractivity contribution < 1.29 is 27.3 Å². The van der Waals surface area contributed by atoms with Crippen LogP contribution in [0.4, 0.5) is 8.78 Å². The summed E-state index contributed by atoms with van der Waals surface area (Å²) in [5.41, 5.74) is 0.333. The molecule has 3 aromatic rings. The van der Waals surface area contributed by atoms with Gasteiger partial charge >= 0.3 is 5.97 Å². The van der Waals surface area contributed by atoms with Crippen LogP contribution in [0.5, 0.6) is 0 Å². The van der Waals surface area contributed by atoms with Gasteiger partial charge in [-0.3, -0.25) is 0 Å². The normalized spacial score (nSPS) is 11.0. The second-order valence-corrected chi connectivity index (χ2v) is 5.45. The molecule has 3 rings (SSSR count). The Hall–Kier alpha value is -2.68. The highest BCUT2D eigenvalue weighted by atomic mass is 32.2. The first-order chi connectivity index (χ1) is 11.6. The van der Waals surface area contributed by atoms with Crippen molar-refractivity contribution >= 4 is 17.7 Å². The molecule has 0 aliphatic carbocycles. The van der Waals surface area contributed by atoms with E-state index in [9.17, 15) is 13.6 Å². The van der Waals surface area contributed by atoms with Crippen molar-refractivity contribution in [1.82, 2.24) is 10.1 Å². The summed E-state index contributed by atoms with van der Waals surface area (Å²) in [5, 5.41) is 3.67. The minimum atomic E-state index is -2.68. The van der Waals surface area contributed by atoms with Crippen molar-refractivity contribution in [3.63, 3.8) is 0 Å². The van der Waals surface area contributed by atoms with Crippen LogP contribution in [0.3, 0.4) is 0 Å². The fourth-order valence-corrected chi connectivity index (χ4v) is 2.43. The smallest absolute Gasteiger partial charge is 0.341 e. The number of carbonyl (C=O) groups is 1. The van der Waals surface area contributed by atoms with Gasteiger partial charge in [-0.15, -0.1) is 0 Å². The monoisotopic (exact) mass is 352 g/mol. The van der Waals surface area contributed by atoms with Crippen LogP contribution in [0.15, 0.2) is 56.8 Å². The van der Waals surface area contributed by atoms with Crippen LogP contribution in [0.1, 0.15) is 16.1 Å². The maximum Gasteiger partial charge on any atom is 0.341 e. The molecule has 0 fully saturated rings. The molecular formula is C15H10F2N2O4S. The van der Waals surface area contributed by atoms with Crippen LogP contribution in [0, 0.1) is 0 Å². The maximum absolute atomic E-state index is 12.5. The zero-order valence-corrected chi connectivity index (χ0v) is 12.8. The van der Waals surface area contributed by atoms with E-state index in [0.717, 1.165) is 0 Å². The highest BCUT2D eigenvalue weighted by Crippen LogP contribution is 2.27. The number of pyridine rings is 1.